The minimum atomic E-state index is 0. The lowest BCUT2D eigenvalue weighted by atomic mass is 10.1. The van der Waals surface area contributed by atoms with E-state index in [1.807, 2.05) is 6.07 Å². The zero-order valence-electron chi connectivity index (χ0n) is 10.7. The van der Waals surface area contributed by atoms with Gasteiger partial charge in [0.25, 0.3) is 0 Å². The summed E-state index contributed by atoms with van der Waals surface area (Å²) in [6.07, 6.45) is 9.74. The molecule has 1 fully saturated rings. The second-order valence-electron chi connectivity index (χ2n) is 4.29. The summed E-state index contributed by atoms with van der Waals surface area (Å²) >= 11 is 0. The van der Waals surface area contributed by atoms with Crippen LogP contribution in [0.4, 0.5) is 0 Å². The predicted molar refractivity (Wildman–Crippen MR) is 81.7 cm³/mol. The maximum Gasteiger partial charge on any atom is 0.138 e. The van der Waals surface area contributed by atoms with Gasteiger partial charge in [-0.05, 0) is 19.0 Å². The summed E-state index contributed by atoms with van der Waals surface area (Å²) in [7, 11) is 0. The highest BCUT2D eigenvalue weighted by Gasteiger charge is 2.16. The van der Waals surface area contributed by atoms with E-state index in [-0.39, 0.29) is 24.8 Å². The molecule has 7 heteroatoms. The average molecular weight is 315 g/mol. The van der Waals surface area contributed by atoms with E-state index in [2.05, 4.69) is 20.3 Å². The lowest BCUT2D eigenvalue weighted by Gasteiger charge is -2.27. The number of ether oxygens (including phenoxy) is 1. The normalized spacial score (nSPS) is 16.3. The Morgan fingerprint density at radius 3 is 2.40 bits per heavy atom. The second-order valence-corrected chi connectivity index (χ2v) is 4.29. The second kappa shape index (κ2) is 7.99. The van der Waals surface area contributed by atoms with Crippen molar-refractivity contribution >= 4 is 24.8 Å². The summed E-state index contributed by atoms with van der Waals surface area (Å²) in [6.45, 7) is 1.78. The minimum absolute atomic E-state index is 0. The molecule has 2 aromatic heterocycles. The molecule has 2 aromatic rings. The summed E-state index contributed by atoms with van der Waals surface area (Å²) in [5.74, 6) is 0.782. The van der Waals surface area contributed by atoms with Gasteiger partial charge >= 0.3 is 0 Å². The zero-order chi connectivity index (χ0) is 12.2. The van der Waals surface area contributed by atoms with E-state index in [1.165, 1.54) is 12.7 Å². The molecule has 0 bridgehead atoms. The number of nitrogens with one attached hydrogen (secondary N) is 1. The van der Waals surface area contributed by atoms with Crippen LogP contribution in [0.3, 0.4) is 0 Å². The van der Waals surface area contributed by atoms with Crippen molar-refractivity contribution in [3.05, 3.63) is 37.2 Å². The molecule has 0 unspecified atom stereocenters. The van der Waals surface area contributed by atoms with Crippen molar-refractivity contribution in [1.82, 2.24) is 20.3 Å². The fourth-order valence-electron chi connectivity index (χ4n) is 1.79. The van der Waals surface area contributed by atoms with E-state index < -0.39 is 0 Å². The monoisotopic (exact) mass is 314 g/mol. The molecule has 0 radical (unpaired) electrons. The third kappa shape index (κ3) is 4.03. The van der Waals surface area contributed by atoms with E-state index in [1.54, 1.807) is 24.8 Å². The molecule has 5 nitrogen and oxygen atoms in total. The van der Waals surface area contributed by atoms with Crippen molar-refractivity contribution in [2.45, 2.75) is 12.5 Å². The van der Waals surface area contributed by atoms with E-state index in [4.69, 9.17) is 4.74 Å². The van der Waals surface area contributed by atoms with Crippen LogP contribution < -0.4 is 10.1 Å². The van der Waals surface area contributed by atoms with Gasteiger partial charge in [-0.15, -0.1) is 24.8 Å². The predicted octanol–water partition coefficient (Wildman–Crippen LogP) is 2.12. The number of hydrogen-bond donors (Lipinski definition) is 1. The molecular weight excluding hydrogens is 299 g/mol. The third-order valence-electron chi connectivity index (χ3n) is 2.98. The summed E-state index contributed by atoms with van der Waals surface area (Å²) in [6, 6.07) is 2.44. The largest absolute Gasteiger partial charge is 0.490 e. The Bertz CT molecular complexity index is 523. The highest BCUT2D eigenvalue weighted by molar-refractivity contribution is 5.85. The highest BCUT2D eigenvalue weighted by atomic mass is 35.5. The van der Waals surface area contributed by atoms with Crippen LogP contribution in [0.15, 0.2) is 37.2 Å². The van der Waals surface area contributed by atoms with Crippen molar-refractivity contribution in [1.29, 1.82) is 0 Å². The van der Waals surface area contributed by atoms with Gasteiger partial charge in [0, 0.05) is 35.8 Å². The number of nitrogens with zero attached hydrogens (tertiary/aromatic N) is 3. The zero-order valence-corrected chi connectivity index (χ0v) is 12.4. The summed E-state index contributed by atoms with van der Waals surface area (Å²) in [5.41, 5.74) is 1.91. The Morgan fingerprint density at radius 1 is 1.05 bits per heavy atom. The molecule has 3 rings (SSSR count). The van der Waals surface area contributed by atoms with Gasteiger partial charge in [0.1, 0.15) is 18.7 Å². The summed E-state index contributed by atoms with van der Waals surface area (Å²) in [4.78, 5) is 12.2. The fraction of sp³-hybridized carbons (Fsp3) is 0.308. The lowest BCUT2D eigenvalue weighted by Crippen LogP contribution is -2.46. The lowest BCUT2D eigenvalue weighted by molar-refractivity contribution is 0.217. The maximum atomic E-state index is 5.71. The van der Waals surface area contributed by atoms with Crippen LogP contribution in [-0.2, 0) is 0 Å². The van der Waals surface area contributed by atoms with Crippen molar-refractivity contribution in [2.75, 3.05) is 13.2 Å². The van der Waals surface area contributed by atoms with Crippen LogP contribution in [0.2, 0.25) is 0 Å². The Kier molecular flexibility index (Phi) is 6.64. The number of pyridine rings is 1. The first-order chi connectivity index (χ1) is 8.92. The van der Waals surface area contributed by atoms with Gasteiger partial charge in [-0.25, -0.2) is 9.97 Å². The molecule has 0 spiro atoms. The first kappa shape index (κ1) is 16.6. The Hall–Kier alpha value is -1.43. The Balaban J connectivity index is 0.000001000. The van der Waals surface area contributed by atoms with Crippen molar-refractivity contribution in [3.63, 3.8) is 0 Å². The quantitative estimate of drug-likeness (QED) is 0.936. The van der Waals surface area contributed by atoms with E-state index in [9.17, 15) is 0 Å². The summed E-state index contributed by atoms with van der Waals surface area (Å²) < 4.78 is 5.71. The molecule has 0 aromatic carbocycles. The van der Waals surface area contributed by atoms with Crippen LogP contribution in [0.5, 0.6) is 5.75 Å². The fourth-order valence-corrected chi connectivity index (χ4v) is 1.79. The topological polar surface area (TPSA) is 59.9 Å². The molecule has 1 atom stereocenters. The standard InChI is InChI=1S/C13H14N4O.2ClH/c1-2-17-12(1)8-18-13-3-10(4-14-7-13)11-5-15-9-16-6-11;;/h3-7,9,12,17H,1-2,8H2;2*1H/t12-;;/m0../s1. The first-order valence-corrected chi connectivity index (χ1v) is 5.98. The Morgan fingerprint density at radius 2 is 1.75 bits per heavy atom. The molecule has 1 N–H and O–H groups in total. The van der Waals surface area contributed by atoms with Gasteiger partial charge in [-0.2, -0.15) is 0 Å². The molecular formula is C13H16Cl2N4O. The SMILES string of the molecule is Cl.Cl.c1ncc(-c2cncc(OC[C@@H]3CCN3)c2)cn1. The molecule has 20 heavy (non-hydrogen) atoms. The van der Waals surface area contributed by atoms with Gasteiger partial charge in [-0.3, -0.25) is 4.98 Å². The maximum absolute atomic E-state index is 5.71. The van der Waals surface area contributed by atoms with Crippen molar-refractivity contribution < 1.29 is 4.74 Å². The third-order valence-corrected chi connectivity index (χ3v) is 2.98. The smallest absolute Gasteiger partial charge is 0.138 e. The molecule has 1 aliphatic heterocycles. The molecule has 1 saturated heterocycles. The van der Waals surface area contributed by atoms with Crippen LogP contribution in [0.25, 0.3) is 11.1 Å². The number of aromatic nitrogens is 3. The van der Waals surface area contributed by atoms with Crippen molar-refractivity contribution in [2.24, 2.45) is 0 Å². The van der Waals surface area contributed by atoms with Crippen LogP contribution >= 0.6 is 24.8 Å². The van der Waals surface area contributed by atoms with E-state index >= 15 is 0 Å². The number of halogens is 2. The average Bonchev–Trinajstić information content (AvgIpc) is 2.38. The van der Waals surface area contributed by atoms with Gasteiger partial charge in [0.15, 0.2) is 0 Å². The summed E-state index contributed by atoms with van der Waals surface area (Å²) in [5, 5.41) is 3.30. The van der Waals surface area contributed by atoms with Gasteiger partial charge in [0.2, 0.25) is 0 Å². The molecule has 0 amide bonds. The van der Waals surface area contributed by atoms with Gasteiger partial charge < -0.3 is 10.1 Å². The van der Waals surface area contributed by atoms with Crippen LogP contribution in [0.1, 0.15) is 6.42 Å². The molecule has 108 valence electrons. The molecule has 0 saturated carbocycles. The number of rotatable bonds is 4. The van der Waals surface area contributed by atoms with Crippen LogP contribution in [0, 0.1) is 0 Å². The van der Waals surface area contributed by atoms with Crippen LogP contribution in [-0.4, -0.2) is 34.1 Å². The first-order valence-electron chi connectivity index (χ1n) is 5.98. The molecule has 3 heterocycles. The minimum Gasteiger partial charge on any atom is -0.490 e. The van der Waals surface area contributed by atoms with Gasteiger partial charge in [-0.1, -0.05) is 0 Å². The Labute approximate surface area is 130 Å². The van der Waals surface area contributed by atoms with Crippen molar-refractivity contribution in [3.8, 4) is 16.9 Å². The highest BCUT2D eigenvalue weighted by Crippen LogP contribution is 2.21. The number of hydrogen-bond acceptors (Lipinski definition) is 5. The van der Waals surface area contributed by atoms with Gasteiger partial charge in [0.05, 0.1) is 6.20 Å². The molecule has 0 aliphatic carbocycles. The van der Waals surface area contributed by atoms with E-state index in [0.717, 1.165) is 23.4 Å². The molecule has 1 aliphatic rings. The van der Waals surface area contributed by atoms with E-state index in [0.29, 0.717) is 12.6 Å².